The maximum absolute atomic E-state index is 13.1. The van der Waals surface area contributed by atoms with Gasteiger partial charge >= 0.3 is 5.97 Å². The van der Waals surface area contributed by atoms with Gasteiger partial charge in [0.15, 0.2) is 0 Å². The number of carbonyl (C=O) groups is 2. The van der Waals surface area contributed by atoms with E-state index >= 15 is 0 Å². The van der Waals surface area contributed by atoms with Crippen molar-refractivity contribution in [1.29, 1.82) is 0 Å². The Bertz CT molecular complexity index is 526. The standard InChI is InChI=1S/C14H17ClFNO3/c1-14(2,3)17(7-6-12(18)19)13(20)9-4-5-11(16)10(15)8-9/h4-5,8H,6-7H2,1-3H3,(H,18,19). The van der Waals surface area contributed by atoms with Gasteiger partial charge < -0.3 is 10.0 Å². The molecule has 4 nitrogen and oxygen atoms in total. The molecule has 6 heteroatoms. The van der Waals surface area contributed by atoms with Crippen molar-refractivity contribution in [2.75, 3.05) is 6.54 Å². The van der Waals surface area contributed by atoms with E-state index < -0.39 is 17.3 Å². The van der Waals surface area contributed by atoms with E-state index in [0.29, 0.717) is 0 Å². The van der Waals surface area contributed by atoms with Gasteiger partial charge in [-0.25, -0.2) is 4.39 Å². The molecular weight excluding hydrogens is 285 g/mol. The van der Waals surface area contributed by atoms with Crippen molar-refractivity contribution in [3.63, 3.8) is 0 Å². The molecule has 0 fully saturated rings. The lowest BCUT2D eigenvalue weighted by Gasteiger charge is -2.35. The number of aliphatic carboxylic acids is 1. The Morgan fingerprint density at radius 3 is 2.40 bits per heavy atom. The number of carboxylic acid groups (broad SMARTS) is 1. The van der Waals surface area contributed by atoms with Gasteiger partial charge in [0.1, 0.15) is 5.82 Å². The zero-order chi connectivity index (χ0) is 15.5. The summed E-state index contributed by atoms with van der Waals surface area (Å²) in [5.74, 6) is -1.96. The van der Waals surface area contributed by atoms with Crippen LogP contribution in [0.4, 0.5) is 4.39 Å². The van der Waals surface area contributed by atoms with Crippen molar-refractivity contribution in [2.24, 2.45) is 0 Å². The largest absolute Gasteiger partial charge is 0.481 e. The first-order valence-corrected chi connectivity index (χ1v) is 6.49. The summed E-state index contributed by atoms with van der Waals surface area (Å²) in [5, 5.41) is 8.62. The third kappa shape index (κ3) is 4.20. The van der Waals surface area contributed by atoms with Crippen molar-refractivity contribution in [3.05, 3.63) is 34.6 Å². The normalized spacial score (nSPS) is 11.2. The highest BCUT2D eigenvalue weighted by Crippen LogP contribution is 2.21. The second-order valence-corrected chi connectivity index (χ2v) is 5.81. The molecule has 0 atom stereocenters. The fraction of sp³-hybridized carbons (Fsp3) is 0.429. The van der Waals surface area contributed by atoms with Crippen molar-refractivity contribution in [2.45, 2.75) is 32.7 Å². The highest BCUT2D eigenvalue weighted by Gasteiger charge is 2.28. The zero-order valence-electron chi connectivity index (χ0n) is 11.6. The highest BCUT2D eigenvalue weighted by molar-refractivity contribution is 6.31. The van der Waals surface area contributed by atoms with Crippen molar-refractivity contribution in [1.82, 2.24) is 4.90 Å². The Morgan fingerprint density at radius 2 is 1.95 bits per heavy atom. The molecular formula is C14H17ClFNO3. The Hall–Kier alpha value is -1.62. The van der Waals surface area contributed by atoms with Crippen LogP contribution in [-0.4, -0.2) is 34.0 Å². The molecule has 20 heavy (non-hydrogen) atoms. The topological polar surface area (TPSA) is 57.6 Å². The first-order valence-electron chi connectivity index (χ1n) is 6.11. The molecule has 0 unspecified atom stereocenters. The van der Waals surface area contributed by atoms with Crippen LogP contribution in [0.15, 0.2) is 18.2 Å². The Balaban J connectivity index is 3.03. The summed E-state index contributed by atoms with van der Waals surface area (Å²) in [4.78, 5) is 24.5. The molecule has 0 radical (unpaired) electrons. The molecule has 0 aliphatic carbocycles. The molecule has 1 aromatic rings. The molecule has 0 bridgehead atoms. The van der Waals surface area contributed by atoms with Crippen LogP contribution in [0.5, 0.6) is 0 Å². The van der Waals surface area contributed by atoms with Gasteiger partial charge in [-0.05, 0) is 39.0 Å². The SMILES string of the molecule is CC(C)(C)N(CCC(=O)O)C(=O)c1ccc(F)c(Cl)c1. The third-order valence-electron chi connectivity index (χ3n) is 2.77. The number of nitrogens with zero attached hydrogens (tertiary/aromatic N) is 1. The Kier molecular flexibility index (Phi) is 5.11. The Morgan fingerprint density at radius 1 is 1.35 bits per heavy atom. The number of hydrogen-bond acceptors (Lipinski definition) is 2. The number of hydrogen-bond donors (Lipinski definition) is 1. The predicted octanol–water partition coefficient (Wildman–Crippen LogP) is 3.19. The summed E-state index contributed by atoms with van der Waals surface area (Å²) in [6, 6.07) is 3.70. The second-order valence-electron chi connectivity index (χ2n) is 5.40. The third-order valence-corrected chi connectivity index (χ3v) is 3.06. The van der Waals surface area contributed by atoms with Gasteiger partial charge in [0, 0.05) is 17.6 Å². The number of rotatable bonds is 4. The molecule has 0 spiro atoms. The maximum Gasteiger partial charge on any atom is 0.305 e. The minimum absolute atomic E-state index is 0.0761. The summed E-state index contributed by atoms with van der Waals surface area (Å²) >= 11 is 5.66. The van der Waals surface area contributed by atoms with Gasteiger partial charge in [0.25, 0.3) is 5.91 Å². The number of carbonyl (C=O) groups excluding carboxylic acids is 1. The summed E-state index contributed by atoms with van der Waals surface area (Å²) in [7, 11) is 0. The van der Waals surface area contributed by atoms with Gasteiger partial charge in [0.05, 0.1) is 11.4 Å². The number of halogens is 2. The van der Waals surface area contributed by atoms with E-state index in [1.165, 1.54) is 17.0 Å². The zero-order valence-corrected chi connectivity index (χ0v) is 12.4. The summed E-state index contributed by atoms with van der Waals surface area (Å²) in [5.41, 5.74) is -0.315. The van der Waals surface area contributed by atoms with Gasteiger partial charge in [-0.2, -0.15) is 0 Å². The number of carboxylic acids is 1. The molecule has 110 valence electrons. The fourth-order valence-electron chi connectivity index (χ4n) is 1.73. The monoisotopic (exact) mass is 301 g/mol. The molecule has 1 amide bonds. The summed E-state index contributed by atoms with van der Waals surface area (Å²) in [6.45, 7) is 5.49. The van der Waals surface area contributed by atoms with E-state index in [9.17, 15) is 14.0 Å². The van der Waals surface area contributed by atoms with E-state index in [2.05, 4.69) is 0 Å². The van der Waals surface area contributed by atoms with Crippen LogP contribution in [0.2, 0.25) is 5.02 Å². The molecule has 0 saturated heterocycles. The van der Waals surface area contributed by atoms with E-state index in [1.54, 1.807) is 20.8 Å². The van der Waals surface area contributed by atoms with Crippen molar-refractivity contribution >= 4 is 23.5 Å². The molecule has 1 rings (SSSR count). The predicted molar refractivity (Wildman–Crippen MR) is 74.5 cm³/mol. The van der Waals surface area contributed by atoms with Crippen LogP contribution >= 0.6 is 11.6 Å². The molecule has 0 heterocycles. The van der Waals surface area contributed by atoms with E-state index in [4.69, 9.17) is 16.7 Å². The summed E-state index contributed by atoms with van der Waals surface area (Å²) in [6.07, 6.45) is -0.155. The van der Waals surface area contributed by atoms with E-state index in [1.807, 2.05) is 0 Å². The van der Waals surface area contributed by atoms with E-state index in [0.717, 1.165) is 6.07 Å². The van der Waals surface area contributed by atoms with Crippen LogP contribution in [0.25, 0.3) is 0 Å². The minimum atomic E-state index is -0.982. The molecule has 0 aliphatic rings. The van der Waals surface area contributed by atoms with Crippen LogP contribution in [0, 0.1) is 5.82 Å². The smallest absolute Gasteiger partial charge is 0.305 e. The lowest BCUT2D eigenvalue weighted by Crippen LogP contribution is -2.46. The highest BCUT2D eigenvalue weighted by atomic mass is 35.5. The molecule has 1 N–H and O–H groups in total. The first kappa shape index (κ1) is 16.4. The first-order chi connectivity index (χ1) is 9.12. The van der Waals surface area contributed by atoms with Gasteiger partial charge in [-0.1, -0.05) is 11.6 Å². The average Bonchev–Trinajstić information content (AvgIpc) is 2.30. The average molecular weight is 302 g/mol. The lowest BCUT2D eigenvalue weighted by atomic mass is 10.0. The summed E-state index contributed by atoms with van der Waals surface area (Å²) < 4.78 is 13.1. The quantitative estimate of drug-likeness (QED) is 0.929. The fourth-order valence-corrected chi connectivity index (χ4v) is 1.91. The molecule has 0 saturated carbocycles. The number of amides is 1. The van der Waals surface area contributed by atoms with Crippen LogP contribution in [0.1, 0.15) is 37.6 Å². The van der Waals surface area contributed by atoms with Gasteiger partial charge in [-0.3, -0.25) is 9.59 Å². The Labute approximate surface area is 122 Å². The lowest BCUT2D eigenvalue weighted by molar-refractivity contribution is -0.137. The van der Waals surface area contributed by atoms with Gasteiger partial charge in [-0.15, -0.1) is 0 Å². The molecule has 0 aliphatic heterocycles. The maximum atomic E-state index is 13.1. The van der Waals surface area contributed by atoms with Crippen LogP contribution < -0.4 is 0 Å². The molecule has 1 aromatic carbocycles. The van der Waals surface area contributed by atoms with Crippen molar-refractivity contribution in [3.8, 4) is 0 Å². The second kappa shape index (κ2) is 6.22. The van der Waals surface area contributed by atoms with E-state index in [-0.39, 0.29) is 29.5 Å². The van der Waals surface area contributed by atoms with Crippen molar-refractivity contribution < 1.29 is 19.1 Å². The number of benzene rings is 1. The molecule has 0 aromatic heterocycles. The minimum Gasteiger partial charge on any atom is -0.481 e. The van der Waals surface area contributed by atoms with Crippen LogP contribution in [0.3, 0.4) is 0 Å². The van der Waals surface area contributed by atoms with Crippen LogP contribution in [-0.2, 0) is 4.79 Å². The van der Waals surface area contributed by atoms with Gasteiger partial charge in [0.2, 0.25) is 0 Å².